The number of aromatic nitrogens is 4. The van der Waals surface area contributed by atoms with Crippen molar-refractivity contribution < 1.29 is 23.8 Å². The Morgan fingerprint density at radius 2 is 1.16 bits per heavy atom. The summed E-state index contributed by atoms with van der Waals surface area (Å²) in [7, 11) is 8.60. The maximum absolute atomic E-state index is 12.5. The Kier molecular flexibility index (Phi) is 10.7. The first kappa shape index (κ1) is 38.1. The fraction of sp³-hybridized carbons (Fsp3) is 0.277. The van der Waals surface area contributed by atoms with Gasteiger partial charge in [0.15, 0.2) is 0 Å². The third kappa shape index (κ3) is 8.09. The summed E-state index contributed by atoms with van der Waals surface area (Å²) in [6.07, 6.45) is 13.9. The number of benzene rings is 3. The molecule has 0 unspecified atom stereocenters. The van der Waals surface area contributed by atoms with E-state index in [4.69, 9.17) is 14.2 Å². The van der Waals surface area contributed by atoms with Gasteiger partial charge in [0, 0.05) is 83.6 Å². The summed E-state index contributed by atoms with van der Waals surface area (Å²) in [6, 6.07) is 24.8. The van der Waals surface area contributed by atoms with E-state index in [9.17, 15) is 9.59 Å². The number of rotatable bonds is 10. The zero-order valence-corrected chi connectivity index (χ0v) is 34.4. The molecule has 9 nitrogen and oxygen atoms in total. The number of ether oxygens (including phenoxy) is 3. The van der Waals surface area contributed by atoms with Gasteiger partial charge in [0.25, 0.3) is 0 Å². The molecule has 2 saturated carbocycles. The van der Waals surface area contributed by atoms with E-state index in [-0.39, 0.29) is 11.9 Å². The lowest BCUT2D eigenvalue weighted by Gasteiger charge is -2.10. The molecule has 2 aliphatic carbocycles. The Hall–Kier alpha value is -5.74. The molecule has 9 rings (SSSR count). The molecule has 0 aliphatic heterocycles. The van der Waals surface area contributed by atoms with Crippen LogP contribution in [0.25, 0.3) is 32.9 Å². The van der Waals surface area contributed by atoms with Crippen molar-refractivity contribution in [3.05, 3.63) is 147 Å². The smallest absolute Gasteiger partial charge is 0.339 e. The summed E-state index contributed by atoms with van der Waals surface area (Å²) in [4.78, 5) is 33.9. The van der Waals surface area contributed by atoms with Crippen molar-refractivity contribution in [1.82, 2.24) is 19.1 Å². The van der Waals surface area contributed by atoms with Crippen molar-refractivity contribution in [2.75, 3.05) is 21.3 Å². The van der Waals surface area contributed by atoms with E-state index in [0.29, 0.717) is 35.8 Å². The van der Waals surface area contributed by atoms with Gasteiger partial charge in [0.05, 0.1) is 43.8 Å². The molecule has 2 fully saturated rings. The van der Waals surface area contributed by atoms with E-state index in [0.717, 1.165) is 65.9 Å². The van der Waals surface area contributed by atoms with Crippen LogP contribution in [-0.2, 0) is 36.4 Å². The highest BCUT2D eigenvalue weighted by molar-refractivity contribution is 9.10. The Morgan fingerprint density at radius 1 is 0.667 bits per heavy atom. The summed E-state index contributed by atoms with van der Waals surface area (Å²) >= 11 is 3.61. The molecule has 0 N–H and O–H groups in total. The van der Waals surface area contributed by atoms with Crippen molar-refractivity contribution in [1.29, 1.82) is 0 Å². The minimum atomic E-state index is -0.324. The highest BCUT2D eigenvalue weighted by Gasteiger charge is 2.27. The van der Waals surface area contributed by atoms with Gasteiger partial charge in [-0.05, 0) is 130 Å². The number of nitrogens with zero attached hydrogens (tertiary/aromatic N) is 4. The molecule has 4 heterocycles. The zero-order chi connectivity index (χ0) is 39.8. The Balaban J connectivity index is 0.000000165. The minimum absolute atomic E-state index is 0.313. The summed E-state index contributed by atoms with van der Waals surface area (Å²) in [5.74, 6) is 1.29. The number of carbonyl (C=O) groups excluding carboxylic acids is 2. The van der Waals surface area contributed by atoms with Gasteiger partial charge in [-0.3, -0.25) is 9.97 Å². The molecule has 0 saturated heterocycles. The number of fused-ring (bicyclic) bond motifs is 2. The van der Waals surface area contributed by atoms with Crippen molar-refractivity contribution in [2.45, 2.75) is 50.4 Å². The van der Waals surface area contributed by atoms with Crippen LogP contribution in [0, 0.1) is 0 Å². The largest absolute Gasteiger partial charge is 0.497 e. The second-order valence-corrected chi connectivity index (χ2v) is 15.9. The average Bonchev–Trinajstić information content (AvgIpc) is 4.18. The number of aryl methyl sites for hydroxylation is 2. The number of hydrogen-bond donors (Lipinski definition) is 0. The fourth-order valence-corrected chi connectivity index (χ4v) is 8.22. The maximum atomic E-state index is 12.5. The highest BCUT2D eigenvalue weighted by atomic mass is 79.9. The van der Waals surface area contributed by atoms with E-state index in [1.807, 2.05) is 43.7 Å². The lowest BCUT2D eigenvalue weighted by atomic mass is 9.99. The number of pyridine rings is 2. The molecule has 0 amide bonds. The van der Waals surface area contributed by atoms with Gasteiger partial charge in [0.2, 0.25) is 0 Å². The van der Waals surface area contributed by atoms with Gasteiger partial charge in [0.1, 0.15) is 5.75 Å². The second kappa shape index (κ2) is 16.0. The van der Waals surface area contributed by atoms with Crippen molar-refractivity contribution in [3.8, 4) is 16.9 Å². The average molecular weight is 826 g/mol. The quantitative estimate of drug-likeness (QED) is 0.127. The Morgan fingerprint density at radius 3 is 1.65 bits per heavy atom. The van der Waals surface area contributed by atoms with E-state index < -0.39 is 0 Å². The van der Waals surface area contributed by atoms with Crippen LogP contribution in [0.4, 0.5) is 0 Å². The lowest BCUT2D eigenvalue weighted by Crippen LogP contribution is -2.09. The van der Waals surface area contributed by atoms with E-state index in [1.165, 1.54) is 50.8 Å². The Bertz CT molecular complexity index is 2640. The van der Waals surface area contributed by atoms with Gasteiger partial charge >= 0.3 is 11.9 Å². The third-order valence-corrected chi connectivity index (χ3v) is 11.7. The molecule has 7 aromatic rings. The number of carbonyl (C=O) groups is 2. The van der Waals surface area contributed by atoms with Crippen LogP contribution in [0.2, 0.25) is 0 Å². The van der Waals surface area contributed by atoms with Crippen LogP contribution in [0.1, 0.15) is 91.9 Å². The molecule has 57 heavy (non-hydrogen) atoms. The molecular formula is C47H45BrN4O5. The number of methoxy groups -OCH3 is 3. The topological polar surface area (TPSA) is 97.5 Å². The molecule has 10 heteroatoms. The normalized spacial score (nSPS) is 13.6. The van der Waals surface area contributed by atoms with Crippen LogP contribution in [-0.4, -0.2) is 52.4 Å². The molecule has 2 aliphatic rings. The standard InChI is InChI=1S/C27H26N2O3.C20H19BrN2O2/c1-29-16-24(19-7-9-21(31-2)10-8-19)22-12-17(4-11-26(22)29)13-25-23(27(30)32-3)14-20(15-28-25)18-5-6-18;1-23-11-17(21)15-7-12(3-6-19(15)23)8-18-16(20(24)25-2)9-14(10-22-18)13-4-5-13/h4,7-12,14-16,18H,5-6,13H2,1-3H3;3,6-7,9-11,13H,4-5,8H2,1-2H3. The summed E-state index contributed by atoms with van der Waals surface area (Å²) in [5, 5.41) is 2.33. The van der Waals surface area contributed by atoms with Crippen LogP contribution >= 0.6 is 15.9 Å². The number of esters is 2. The lowest BCUT2D eigenvalue weighted by molar-refractivity contribution is 0.0590. The van der Waals surface area contributed by atoms with Crippen LogP contribution in [0.15, 0.2) is 102 Å². The molecule has 0 bridgehead atoms. The number of halogens is 1. The first-order valence-electron chi connectivity index (χ1n) is 19.2. The van der Waals surface area contributed by atoms with Crippen LogP contribution in [0.3, 0.4) is 0 Å². The molecule has 0 atom stereocenters. The van der Waals surface area contributed by atoms with E-state index in [2.05, 4.69) is 103 Å². The molecule has 4 aromatic heterocycles. The fourth-order valence-electron chi connectivity index (χ4n) is 7.59. The van der Waals surface area contributed by atoms with Crippen LogP contribution in [0.5, 0.6) is 5.75 Å². The van der Waals surface area contributed by atoms with E-state index in [1.54, 1.807) is 7.11 Å². The maximum Gasteiger partial charge on any atom is 0.339 e. The van der Waals surface area contributed by atoms with Crippen molar-refractivity contribution in [2.24, 2.45) is 14.1 Å². The third-order valence-electron chi connectivity index (χ3n) is 11.1. The van der Waals surface area contributed by atoms with Crippen LogP contribution < -0.4 is 4.74 Å². The van der Waals surface area contributed by atoms with E-state index >= 15 is 0 Å². The van der Waals surface area contributed by atoms with Gasteiger partial charge in [-0.25, -0.2) is 9.59 Å². The van der Waals surface area contributed by atoms with Gasteiger partial charge in [-0.2, -0.15) is 0 Å². The molecule has 290 valence electrons. The predicted octanol–water partition coefficient (Wildman–Crippen LogP) is 10.1. The summed E-state index contributed by atoms with van der Waals surface area (Å²) < 4.78 is 20.6. The summed E-state index contributed by atoms with van der Waals surface area (Å²) in [5.41, 5.74) is 11.8. The zero-order valence-electron chi connectivity index (χ0n) is 32.8. The first-order valence-corrected chi connectivity index (χ1v) is 20.0. The van der Waals surface area contributed by atoms with Crippen molar-refractivity contribution >= 4 is 49.7 Å². The number of hydrogen-bond acceptors (Lipinski definition) is 7. The first-order chi connectivity index (χ1) is 27.6. The molecule has 0 spiro atoms. The predicted molar refractivity (Wildman–Crippen MR) is 226 cm³/mol. The van der Waals surface area contributed by atoms with Gasteiger partial charge in [-0.15, -0.1) is 0 Å². The Labute approximate surface area is 340 Å². The minimum Gasteiger partial charge on any atom is -0.497 e. The van der Waals surface area contributed by atoms with Gasteiger partial charge in [-0.1, -0.05) is 24.3 Å². The SMILES string of the molecule is COC(=O)c1cc(C2CC2)cnc1Cc1ccc2c(c1)c(-c1ccc(OC)cc1)cn2C.COC(=O)c1cc(C2CC2)cnc1Cc1ccc2c(c1)c(Br)cn2C. The monoisotopic (exact) mass is 824 g/mol. The summed E-state index contributed by atoms with van der Waals surface area (Å²) in [6.45, 7) is 0. The van der Waals surface area contributed by atoms with Gasteiger partial charge < -0.3 is 23.3 Å². The molecule has 3 aromatic carbocycles. The second-order valence-electron chi connectivity index (χ2n) is 15.1. The van der Waals surface area contributed by atoms with Crippen molar-refractivity contribution in [3.63, 3.8) is 0 Å². The highest BCUT2D eigenvalue weighted by Crippen LogP contribution is 2.41. The molecular weight excluding hydrogens is 780 g/mol. The molecule has 0 radical (unpaired) electrons.